The van der Waals surface area contributed by atoms with Crippen molar-refractivity contribution >= 4 is 31.3 Å². The van der Waals surface area contributed by atoms with Gasteiger partial charge in [-0.05, 0) is 18.4 Å². The summed E-state index contributed by atoms with van der Waals surface area (Å²) in [6.07, 6.45) is 21.3. The fourth-order valence-corrected chi connectivity index (χ4v) is 5.42. The van der Waals surface area contributed by atoms with Gasteiger partial charge in [0.2, 0.25) is 0 Å². The molecule has 0 saturated carbocycles. The van der Waals surface area contributed by atoms with E-state index in [9.17, 15) is 4.57 Å². The number of thioether (sulfide) groups is 2. The normalized spacial score (nSPS) is 13.2. The molecule has 0 aromatic heterocycles. The largest absolute Gasteiger partial charge is 0.469 e. The lowest BCUT2D eigenvalue weighted by Crippen LogP contribution is -2.14. The fourth-order valence-electron chi connectivity index (χ4n) is 2.98. The third-order valence-electron chi connectivity index (χ3n) is 4.71. The highest BCUT2D eigenvalue weighted by Crippen LogP contribution is 2.36. The predicted octanol–water partition coefficient (Wildman–Crippen LogP) is 7.04. The molecule has 2 N–H and O–H groups in total. The predicted molar refractivity (Wildman–Crippen MR) is 123 cm³/mol. The number of unbranched alkanes of at least 4 members (excludes halogenated alkanes) is 13. The molecule has 4 nitrogen and oxygen atoms in total. The molecule has 0 bridgehead atoms. The highest BCUT2D eigenvalue weighted by Gasteiger charge is 2.17. The third-order valence-corrected chi connectivity index (χ3v) is 7.59. The van der Waals surface area contributed by atoms with Crippen LogP contribution in [0, 0.1) is 0 Å². The topological polar surface area (TPSA) is 66.8 Å². The highest BCUT2D eigenvalue weighted by molar-refractivity contribution is 8.03. The van der Waals surface area contributed by atoms with Gasteiger partial charge < -0.3 is 9.79 Å². The lowest BCUT2D eigenvalue weighted by Gasteiger charge is -2.14. The lowest BCUT2D eigenvalue weighted by atomic mass is 10.0. The van der Waals surface area contributed by atoms with Crippen molar-refractivity contribution in [1.29, 1.82) is 0 Å². The van der Waals surface area contributed by atoms with Gasteiger partial charge in [0.15, 0.2) is 0 Å². The molecule has 0 amide bonds. The highest BCUT2D eigenvalue weighted by atomic mass is 32.2. The van der Waals surface area contributed by atoms with Crippen LogP contribution in [0.5, 0.6) is 0 Å². The van der Waals surface area contributed by atoms with Gasteiger partial charge in [0.1, 0.15) is 0 Å². The van der Waals surface area contributed by atoms with Crippen molar-refractivity contribution in [1.82, 2.24) is 0 Å². The van der Waals surface area contributed by atoms with Crippen LogP contribution in [0.3, 0.4) is 0 Å². The Morgan fingerprint density at radius 1 is 0.815 bits per heavy atom. The van der Waals surface area contributed by atoms with Gasteiger partial charge in [-0.1, -0.05) is 90.4 Å². The number of phosphoric ester groups is 1. The summed E-state index contributed by atoms with van der Waals surface area (Å²) >= 11 is 3.48. The van der Waals surface area contributed by atoms with Gasteiger partial charge in [-0.3, -0.25) is 4.52 Å². The lowest BCUT2D eigenvalue weighted by molar-refractivity contribution is 0.200. The molecule has 0 heterocycles. The maximum absolute atomic E-state index is 10.7. The number of hydrogen-bond acceptors (Lipinski definition) is 4. The molecule has 0 radical (unpaired) electrons. The Morgan fingerprint density at radius 2 is 1.26 bits per heavy atom. The molecule has 1 atom stereocenters. The molecule has 0 aromatic rings. The van der Waals surface area contributed by atoms with E-state index in [0.717, 1.165) is 11.5 Å². The van der Waals surface area contributed by atoms with Crippen molar-refractivity contribution in [3.8, 4) is 0 Å². The molecule has 27 heavy (non-hydrogen) atoms. The summed E-state index contributed by atoms with van der Waals surface area (Å²) in [5.41, 5.74) is 0. The zero-order valence-electron chi connectivity index (χ0n) is 17.6. The van der Waals surface area contributed by atoms with Crippen LogP contribution in [0.15, 0.2) is 0 Å². The van der Waals surface area contributed by atoms with Crippen molar-refractivity contribution in [3.63, 3.8) is 0 Å². The van der Waals surface area contributed by atoms with Crippen molar-refractivity contribution in [2.75, 3.05) is 24.4 Å². The molecule has 1 unspecified atom stereocenters. The van der Waals surface area contributed by atoms with Crippen LogP contribution in [0.2, 0.25) is 0 Å². The third kappa shape index (κ3) is 23.0. The molecule has 164 valence electrons. The van der Waals surface area contributed by atoms with Gasteiger partial charge in [0.25, 0.3) is 0 Å². The first-order valence-electron chi connectivity index (χ1n) is 10.8. The van der Waals surface area contributed by atoms with Crippen molar-refractivity contribution in [2.45, 2.75) is 102 Å². The van der Waals surface area contributed by atoms with E-state index in [0.29, 0.717) is 0 Å². The average Bonchev–Trinajstić information content (AvgIpc) is 2.63. The van der Waals surface area contributed by atoms with Gasteiger partial charge in [0.05, 0.1) is 6.61 Å². The van der Waals surface area contributed by atoms with E-state index < -0.39 is 7.82 Å². The summed E-state index contributed by atoms with van der Waals surface area (Å²) < 4.78 is 15.3. The number of hydrogen-bond donors (Lipinski definition) is 2. The van der Waals surface area contributed by atoms with Crippen molar-refractivity contribution < 1.29 is 18.9 Å². The zero-order valence-corrected chi connectivity index (χ0v) is 20.1. The average molecular weight is 443 g/mol. The minimum absolute atomic E-state index is 0.122. The van der Waals surface area contributed by atoms with Crippen molar-refractivity contribution in [2.24, 2.45) is 0 Å². The molecule has 0 aliphatic carbocycles. The van der Waals surface area contributed by atoms with E-state index >= 15 is 0 Å². The zero-order chi connectivity index (χ0) is 20.2. The van der Waals surface area contributed by atoms with E-state index in [1.807, 2.05) is 18.0 Å². The summed E-state index contributed by atoms with van der Waals surface area (Å²) in [6.45, 7) is 2.39. The quantitative estimate of drug-likeness (QED) is 0.147. The maximum Gasteiger partial charge on any atom is 0.469 e. The second-order valence-electron chi connectivity index (χ2n) is 7.32. The second-order valence-corrected chi connectivity index (χ2v) is 10.8. The van der Waals surface area contributed by atoms with Crippen LogP contribution in [-0.2, 0) is 9.09 Å². The second kappa shape index (κ2) is 20.1. The summed E-state index contributed by atoms with van der Waals surface area (Å²) in [5.74, 6) is 2.02. The smallest absolute Gasteiger partial charge is 0.303 e. The van der Waals surface area contributed by atoms with E-state index in [-0.39, 0.29) is 11.9 Å². The molecule has 0 aliphatic heterocycles. The molecular weight excluding hydrogens is 399 g/mol. The summed E-state index contributed by atoms with van der Waals surface area (Å²) in [7, 11) is -4.33. The van der Waals surface area contributed by atoms with Gasteiger partial charge in [-0.15, -0.1) is 0 Å². The molecule has 0 aromatic carbocycles. The van der Waals surface area contributed by atoms with Crippen LogP contribution in [0.25, 0.3) is 0 Å². The van der Waals surface area contributed by atoms with Crippen LogP contribution < -0.4 is 0 Å². The first-order valence-corrected chi connectivity index (χ1v) is 14.8. The van der Waals surface area contributed by atoms with Crippen LogP contribution in [0.4, 0.5) is 0 Å². The summed E-state index contributed by atoms with van der Waals surface area (Å²) in [6, 6.07) is 0. The van der Waals surface area contributed by atoms with Crippen LogP contribution in [-0.4, -0.2) is 39.4 Å². The summed E-state index contributed by atoms with van der Waals surface area (Å²) in [4.78, 5) is 17.5. The van der Waals surface area contributed by atoms with Crippen molar-refractivity contribution in [3.05, 3.63) is 0 Å². The van der Waals surface area contributed by atoms with Gasteiger partial charge in [-0.2, -0.15) is 23.5 Å². The molecule has 0 saturated heterocycles. The molecule has 7 heteroatoms. The first kappa shape index (κ1) is 27.8. The fraction of sp³-hybridized carbons (Fsp3) is 1.00. The molecular formula is C20H43O4PS2. The Bertz CT molecular complexity index is 353. The van der Waals surface area contributed by atoms with E-state index in [1.165, 1.54) is 89.9 Å². The Morgan fingerprint density at radius 3 is 1.67 bits per heavy atom. The molecule has 0 spiro atoms. The van der Waals surface area contributed by atoms with Gasteiger partial charge in [-0.25, -0.2) is 4.57 Å². The monoisotopic (exact) mass is 442 g/mol. The van der Waals surface area contributed by atoms with E-state index in [2.05, 4.69) is 11.4 Å². The van der Waals surface area contributed by atoms with E-state index in [4.69, 9.17) is 9.79 Å². The standard InChI is InChI=1S/C20H43O4PS2/c1-3-4-5-6-7-8-9-10-11-12-13-14-15-16-17-27-19-20(26-2)18-24-25(21,22)23/h20H,3-19H2,1-2H3,(H2,21,22,23). The van der Waals surface area contributed by atoms with Crippen LogP contribution in [0.1, 0.15) is 96.8 Å². The SMILES string of the molecule is CCCCCCCCCCCCCCCCSCC(COP(=O)(O)O)SC. The Hall–Kier alpha value is 0.810. The van der Waals surface area contributed by atoms with Gasteiger partial charge in [0, 0.05) is 11.0 Å². The minimum Gasteiger partial charge on any atom is -0.303 e. The van der Waals surface area contributed by atoms with E-state index in [1.54, 1.807) is 11.8 Å². The number of rotatable bonds is 21. The Labute approximate surface area is 176 Å². The summed E-state index contributed by atoms with van der Waals surface area (Å²) in [5, 5.41) is 0.147. The first-order chi connectivity index (χ1) is 13.0. The molecule has 0 rings (SSSR count). The Balaban J connectivity index is 3.25. The van der Waals surface area contributed by atoms with Crippen LogP contribution >= 0.6 is 31.3 Å². The minimum atomic E-state index is -4.33. The Kier molecular flexibility index (Phi) is 20.7. The molecule has 0 aliphatic rings. The molecule has 0 fully saturated rings. The van der Waals surface area contributed by atoms with Gasteiger partial charge >= 0.3 is 7.82 Å². The number of phosphoric acid groups is 1. The maximum atomic E-state index is 10.7.